The van der Waals surface area contributed by atoms with Crippen LogP contribution in [0.4, 0.5) is 0 Å². The first-order valence-electron chi connectivity index (χ1n) is 9.52. The van der Waals surface area contributed by atoms with Crippen LogP contribution >= 0.6 is 0 Å². The number of nitrogens with zero attached hydrogens (tertiary/aromatic N) is 2. The van der Waals surface area contributed by atoms with Gasteiger partial charge in [0.25, 0.3) is 8.40 Å². The lowest BCUT2D eigenvalue weighted by Crippen LogP contribution is -2.60. The van der Waals surface area contributed by atoms with Crippen molar-refractivity contribution in [2.45, 2.75) is 72.9 Å². The third-order valence-corrected chi connectivity index (χ3v) is 12.0. The minimum absolute atomic E-state index is 1.13. The summed E-state index contributed by atoms with van der Waals surface area (Å²) in [4.78, 5) is 0. The maximum absolute atomic E-state index is 4.60. The smallest absolute Gasteiger partial charge is 0.272 e. The average Bonchev–Trinajstić information content (AvgIpc) is 2.91. The molecule has 1 spiro atoms. The normalized spacial score (nSPS) is 17.8. The summed E-state index contributed by atoms with van der Waals surface area (Å²) in [5, 5.41) is 0. The first kappa shape index (κ1) is 16.0. The number of hydrogen-bond donors (Lipinski definition) is 0. The third-order valence-electron chi connectivity index (χ3n) is 6.87. The molecule has 0 saturated carbocycles. The predicted molar refractivity (Wildman–Crippen MR) is 105 cm³/mol. The van der Waals surface area contributed by atoms with Gasteiger partial charge in [0.05, 0.1) is 0 Å². The van der Waals surface area contributed by atoms with Gasteiger partial charge in [-0.1, -0.05) is 26.8 Å². The van der Waals surface area contributed by atoms with Crippen LogP contribution in [0.2, 0.25) is 12.1 Å². The predicted octanol–water partition coefficient (Wildman–Crippen LogP) is 5.27. The van der Waals surface area contributed by atoms with Gasteiger partial charge in [0.15, 0.2) is 0 Å². The van der Waals surface area contributed by atoms with E-state index in [1.165, 1.54) is 58.0 Å². The van der Waals surface area contributed by atoms with Gasteiger partial charge in [0.1, 0.15) is 0 Å². The Bertz CT molecular complexity index is 809. The summed E-state index contributed by atoms with van der Waals surface area (Å²) >= 11 is 0. The molecule has 2 nitrogen and oxygen atoms in total. The van der Waals surface area contributed by atoms with Crippen LogP contribution in [0.1, 0.15) is 65.3 Å². The molecular formula is C21H30N2Si. The molecule has 2 aliphatic heterocycles. The summed E-state index contributed by atoms with van der Waals surface area (Å²) in [6, 6.07) is 2.77. The number of fused-ring (bicyclic) bond motifs is 4. The van der Waals surface area contributed by atoms with Gasteiger partial charge in [-0.15, -0.1) is 0 Å². The molecule has 2 aromatic rings. The molecule has 4 rings (SSSR count). The van der Waals surface area contributed by atoms with Crippen molar-refractivity contribution < 1.29 is 0 Å². The van der Waals surface area contributed by atoms with E-state index in [0.29, 0.717) is 0 Å². The topological polar surface area (TPSA) is 9.86 Å². The highest BCUT2D eigenvalue weighted by Gasteiger charge is 2.52. The van der Waals surface area contributed by atoms with Crippen molar-refractivity contribution in [3.8, 4) is 0 Å². The van der Waals surface area contributed by atoms with Gasteiger partial charge in [0, 0.05) is 28.3 Å². The van der Waals surface area contributed by atoms with Crippen molar-refractivity contribution in [3.05, 3.63) is 51.6 Å². The molecule has 128 valence electrons. The van der Waals surface area contributed by atoms with Crippen molar-refractivity contribution in [1.29, 1.82) is 0 Å². The van der Waals surface area contributed by atoms with Crippen molar-refractivity contribution >= 4 is 14.0 Å². The lowest BCUT2D eigenvalue weighted by molar-refractivity contribution is 0.742. The molecule has 0 aliphatic carbocycles. The molecule has 1 saturated heterocycles. The molecule has 0 atom stereocenters. The van der Waals surface area contributed by atoms with Crippen LogP contribution < -0.4 is 0 Å². The third kappa shape index (κ3) is 1.57. The lowest BCUT2D eigenvalue weighted by atomic mass is 9.99. The second kappa shape index (κ2) is 5.01. The second-order valence-electron chi connectivity index (χ2n) is 7.77. The average molecular weight is 339 g/mol. The van der Waals surface area contributed by atoms with E-state index < -0.39 is 8.40 Å². The Hall–Kier alpha value is -1.48. The molecule has 2 aromatic heterocycles. The fourth-order valence-electron chi connectivity index (χ4n) is 5.73. The summed E-state index contributed by atoms with van der Waals surface area (Å²) in [5.74, 6) is 0. The Morgan fingerprint density at radius 1 is 0.833 bits per heavy atom. The molecule has 0 bridgehead atoms. The van der Waals surface area contributed by atoms with Crippen molar-refractivity contribution in [3.63, 3.8) is 0 Å². The first-order chi connectivity index (χ1) is 11.4. The van der Waals surface area contributed by atoms with Gasteiger partial charge < -0.3 is 8.47 Å². The molecule has 1 fully saturated rings. The van der Waals surface area contributed by atoms with Gasteiger partial charge in [-0.3, -0.25) is 0 Å². The van der Waals surface area contributed by atoms with E-state index in [1.807, 2.05) is 0 Å². The van der Waals surface area contributed by atoms with Gasteiger partial charge in [-0.05, 0) is 74.9 Å². The Balaban J connectivity index is 2.13. The minimum atomic E-state index is -1.68. The highest BCUT2D eigenvalue weighted by atomic mass is 28.3. The first-order valence-corrected chi connectivity index (χ1v) is 11.8. The SMILES string of the molecule is C=C1c2c(C)c(CC)c(C)n2[Si]2(CCC2)n2c(C)c(CC)c(C)c21. The quantitative estimate of drug-likeness (QED) is 0.661. The largest absolute Gasteiger partial charge is 0.353 e. The maximum atomic E-state index is 4.60. The highest BCUT2D eigenvalue weighted by Crippen LogP contribution is 2.49. The van der Waals surface area contributed by atoms with Gasteiger partial charge in [-0.25, -0.2) is 0 Å². The highest BCUT2D eigenvalue weighted by molar-refractivity contribution is 6.80. The fourth-order valence-corrected chi connectivity index (χ4v) is 10.8. The van der Waals surface area contributed by atoms with Crippen molar-refractivity contribution in [2.24, 2.45) is 0 Å². The molecule has 0 unspecified atom stereocenters. The number of rotatable bonds is 2. The standard InChI is InChI=1S/C21H30N2Si/c1-8-18-13(3)20-15(5)21-14(4)19(9-2)17(7)23(21)24(11-10-12-24)22(20)16(18)6/h5,8-12H2,1-4,6-7H3. The van der Waals surface area contributed by atoms with E-state index in [9.17, 15) is 0 Å². The van der Waals surface area contributed by atoms with E-state index in [1.54, 1.807) is 11.1 Å². The van der Waals surface area contributed by atoms with Crippen LogP contribution in [0, 0.1) is 27.7 Å². The Morgan fingerprint density at radius 3 is 1.54 bits per heavy atom. The Kier molecular flexibility index (Phi) is 3.34. The van der Waals surface area contributed by atoms with E-state index in [-0.39, 0.29) is 0 Å². The van der Waals surface area contributed by atoms with Crippen molar-refractivity contribution in [1.82, 2.24) is 8.47 Å². The summed E-state index contributed by atoms with van der Waals surface area (Å²) in [6.45, 7) is 18.6. The number of aromatic nitrogens is 2. The van der Waals surface area contributed by atoms with E-state index in [0.717, 1.165) is 12.8 Å². The molecule has 0 radical (unpaired) electrons. The van der Waals surface area contributed by atoms with E-state index in [2.05, 4.69) is 56.6 Å². The zero-order valence-corrected chi connectivity index (χ0v) is 17.1. The van der Waals surface area contributed by atoms with Crippen LogP contribution in [0.5, 0.6) is 0 Å². The van der Waals surface area contributed by atoms with Crippen LogP contribution in [0.3, 0.4) is 0 Å². The molecule has 2 aliphatic rings. The molecule has 3 heteroatoms. The van der Waals surface area contributed by atoms with Crippen LogP contribution in [0.15, 0.2) is 6.58 Å². The van der Waals surface area contributed by atoms with Gasteiger partial charge in [0.2, 0.25) is 0 Å². The summed E-state index contributed by atoms with van der Waals surface area (Å²) in [7, 11) is -1.68. The van der Waals surface area contributed by atoms with E-state index in [4.69, 9.17) is 0 Å². The molecule has 0 amide bonds. The molecular weight excluding hydrogens is 308 g/mol. The van der Waals surface area contributed by atoms with Gasteiger partial charge in [-0.2, -0.15) is 0 Å². The summed E-state index contributed by atoms with van der Waals surface area (Å²) in [6.07, 6.45) is 3.64. The molecule has 0 aromatic carbocycles. The summed E-state index contributed by atoms with van der Waals surface area (Å²) < 4.78 is 5.60. The fraction of sp³-hybridized carbons (Fsp3) is 0.524. The monoisotopic (exact) mass is 338 g/mol. The Morgan fingerprint density at radius 2 is 1.25 bits per heavy atom. The van der Waals surface area contributed by atoms with Crippen LogP contribution in [-0.2, 0) is 12.8 Å². The van der Waals surface area contributed by atoms with E-state index >= 15 is 0 Å². The zero-order chi connectivity index (χ0) is 17.4. The van der Waals surface area contributed by atoms with Crippen LogP contribution in [-0.4, -0.2) is 16.9 Å². The van der Waals surface area contributed by atoms with Crippen molar-refractivity contribution in [2.75, 3.05) is 0 Å². The van der Waals surface area contributed by atoms with Gasteiger partial charge >= 0.3 is 0 Å². The Labute approximate surface area is 147 Å². The second-order valence-corrected chi connectivity index (χ2v) is 11.6. The number of hydrogen-bond acceptors (Lipinski definition) is 0. The lowest BCUT2D eigenvalue weighted by Gasteiger charge is -2.48. The molecule has 4 heterocycles. The molecule has 24 heavy (non-hydrogen) atoms. The van der Waals surface area contributed by atoms with Crippen LogP contribution in [0.25, 0.3) is 5.57 Å². The maximum Gasteiger partial charge on any atom is 0.272 e. The molecule has 0 N–H and O–H groups in total. The zero-order valence-electron chi connectivity index (χ0n) is 16.1. The minimum Gasteiger partial charge on any atom is -0.353 e. The summed E-state index contributed by atoms with van der Waals surface area (Å²) in [5.41, 5.74) is 13.3.